The molecule has 9 heteroatoms. The van der Waals surface area contributed by atoms with Gasteiger partial charge in [-0.2, -0.15) is 0 Å². The van der Waals surface area contributed by atoms with E-state index in [1.54, 1.807) is 0 Å². The van der Waals surface area contributed by atoms with Gasteiger partial charge in [0.1, 0.15) is 18.2 Å². The molecule has 1 aromatic heterocycles. The Balaban J connectivity index is 2.44. The van der Waals surface area contributed by atoms with Crippen LogP contribution in [-0.4, -0.2) is 46.7 Å². The monoisotopic (exact) mass is 344 g/mol. The van der Waals surface area contributed by atoms with Crippen LogP contribution < -0.4 is 11.2 Å². The molecular weight excluding hydrogens is 323 g/mol. The minimum Gasteiger partial charge on any atom is -0.394 e. The van der Waals surface area contributed by atoms with E-state index in [1.807, 2.05) is 19.6 Å². The molecule has 7 nitrogen and oxygen atoms in total. The van der Waals surface area contributed by atoms with Gasteiger partial charge in [0.2, 0.25) is 0 Å². The van der Waals surface area contributed by atoms with E-state index in [2.05, 4.69) is 4.98 Å². The number of aromatic nitrogens is 2. The first kappa shape index (κ1) is 17.8. The average Bonchev–Trinajstić information content (AvgIpc) is 2.77. The highest BCUT2D eigenvalue weighted by Crippen LogP contribution is 2.27. The van der Waals surface area contributed by atoms with E-state index in [0.717, 1.165) is 10.8 Å². The lowest BCUT2D eigenvalue weighted by Gasteiger charge is -2.15. The first-order valence-electron chi connectivity index (χ1n) is 7.31. The Labute approximate surface area is 133 Å². The molecule has 0 aliphatic carbocycles. The number of aliphatic hydroxyl groups excluding tert-OH is 2. The van der Waals surface area contributed by atoms with Crippen molar-refractivity contribution in [1.29, 1.82) is 0 Å². The van der Waals surface area contributed by atoms with Gasteiger partial charge >= 0.3 is 5.69 Å². The predicted molar refractivity (Wildman–Crippen MR) is 85.4 cm³/mol. The van der Waals surface area contributed by atoms with Crippen molar-refractivity contribution in [2.45, 2.75) is 44.5 Å². The molecule has 23 heavy (non-hydrogen) atoms. The van der Waals surface area contributed by atoms with Crippen molar-refractivity contribution >= 4 is 13.9 Å². The summed E-state index contributed by atoms with van der Waals surface area (Å²) in [6.07, 6.45) is -1.45. The van der Waals surface area contributed by atoms with Crippen molar-refractivity contribution in [3.63, 3.8) is 0 Å². The van der Waals surface area contributed by atoms with Gasteiger partial charge in [-0.25, -0.2) is 9.18 Å². The van der Waals surface area contributed by atoms with Crippen LogP contribution >= 0.6 is 0 Å². The molecule has 0 spiro atoms. The summed E-state index contributed by atoms with van der Waals surface area (Å²) < 4.78 is 20.7. The number of nitrogens with zero attached hydrogens (tertiary/aromatic N) is 1. The molecule has 0 unspecified atom stereocenters. The second kappa shape index (κ2) is 6.52. The summed E-state index contributed by atoms with van der Waals surface area (Å²) in [6, 6.07) is 0. The fourth-order valence-corrected chi connectivity index (χ4v) is 3.29. The second-order valence-electron chi connectivity index (χ2n) is 6.68. The van der Waals surface area contributed by atoms with Gasteiger partial charge in [-0.1, -0.05) is 25.3 Å². The Morgan fingerprint density at radius 3 is 2.70 bits per heavy atom. The summed E-state index contributed by atoms with van der Waals surface area (Å²) >= 11 is 0. The maximum Gasteiger partial charge on any atom is 0.330 e. The van der Waals surface area contributed by atoms with Crippen LogP contribution in [0.15, 0.2) is 21.5 Å². The van der Waals surface area contributed by atoms with Crippen molar-refractivity contribution in [1.82, 2.24) is 9.55 Å². The van der Waals surface area contributed by atoms with Gasteiger partial charge in [0, 0.05) is 12.6 Å². The summed E-state index contributed by atoms with van der Waals surface area (Å²) in [6.45, 7) is 5.35. The van der Waals surface area contributed by atoms with Gasteiger partial charge in [-0.05, 0) is 0 Å². The minimum atomic E-state index is -1.90. The zero-order chi connectivity index (χ0) is 17.4. The third kappa shape index (κ3) is 4.05. The molecule has 1 aliphatic heterocycles. The second-order valence-corrected chi connectivity index (χ2v) is 11.7. The minimum absolute atomic E-state index is 0.0654. The molecule has 1 aromatic rings. The number of halogens is 1. The first-order valence-corrected chi connectivity index (χ1v) is 10.9. The summed E-state index contributed by atoms with van der Waals surface area (Å²) in [5.74, 6) is -0.684. The molecule has 0 saturated carbocycles. The number of aromatic amines is 1. The van der Waals surface area contributed by atoms with E-state index in [-0.39, 0.29) is 12.0 Å². The van der Waals surface area contributed by atoms with Gasteiger partial charge in [-0.3, -0.25) is 14.3 Å². The Hall–Kier alpha value is -1.55. The largest absolute Gasteiger partial charge is 0.394 e. The first-order chi connectivity index (χ1) is 10.6. The molecule has 0 aromatic carbocycles. The summed E-state index contributed by atoms with van der Waals surface area (Å²) in [4.78, 5) is 25.9. The molecule has 1 aliphatic rings. The third-order valence-corrected chi connectivity index (χ3v) is 4.60. The number of rotatable bonds is 4. The highest BCUT2D eigenvalue weighted by Gasteiger charge is 2.35. The molecule has 0 radical (unpaired) electrons. The van der Waals surface area contributed by atoms with Crippen molar-refractivity contribution in [3.05, 3.63) is 38.3 Å². The molecule has 0 bridgehead atoms. The van der Waals surface area contributed by atoms with Crippen LogP contribution in [0.1, 0.15) is 18.2 Å². The maximum absolute atomic E-state index is 14.3. The van der Waals surface area contributed by atoms with E-state index in [1.165, 1.54) is 5.70 Å². The number of H-pyrrole nitrogens is 1. The van der Waals surface area contributed by atoms with Crippen molar-refractivity contribution in [3.8, 4) is 0 Å². The average molecular weight is 344 g/mol. The molecule has 2 rings (SSSR count). The van der Waals surface area contributed by atoms with Crippen LogP contribution in [0.2, 0.25) is 19.6 Å². The van der Waals surface area contributed by atoms with Gasteiger partial charge in [-0.15, -0.1) is 0 Å². The zero-order valence-corrected chi connectivity index (χ0v) is 14.2. The van der Waals surface area contributed by atoms with E-state index >= 15 is 0 Å². The molecule has 2 heterocycles. The molecule has 0 amide bonds. The van der Waals surface area contributed by atoms with Crippen molar-refractivity contribution in [2.24, 2.45) is 0 Å². The fraction of sp³-hybridized carbons (Fsp3) is 0.571. The van der Waals surface area contributed by atoms with Crippen molar-refractivity contribution < 1.29 is 19.3 Å². The Bertz CT molecular complexity index is 721. The lowest BCUT2D eigenvalue weighted by Crippen LogP contribution is -2.34. The highest BCUT2D eigenvalue weighted by molar-refractivity contribution is 6.81. The summed E-state index contributed by atoms with van der Waals surface area (Å²) in [5, 5.41) is 18.8. The van der Waals surface area contributed by atoms with E-state index in [9.17, 15) is 19.1 Å². The molecule has 1 saturated heterocycles. The third-order valence-electron chi connectivity index (χ3n) is 3.48. The number of hydrogen-bond donors (Lipinski definition) is 3. The molecular formula is C14H21FN2O5Si. The van der Waals surface area contributed by atoms with E-state index < -0.39 is 50.2 Å². The number of aliphatic hydroxyl groups is 2. The summed E-state index contributed by atoms with van der Waals surface area (Å²) in [5.41, 5.74) is -0.392. The Morgan fingerprint density at radius 2 is 2.17 bits per heavy atom. The fourth-order valence-electron chi connectivity index (χ4n) is 2.38. The van der Waals surface area contributed by atoms with Gasteiger partial charge in [0.15, 0.2) is 0 Å². The number of ether oxygens (including phenoxy) is 1. The SMILES string of the molecule is C[Si](C)(C)C=C(F)c1cn([C@H]2C[C@H](O)[C@@H](CO)O2)c(=O)[nH]c1=O. The Morgan fingerprint density at radius 1 is 1.52 bits per heavy atom. The maximum atomic E-state index is 14.3. The number of nitrogens with one attached hydrogen (secondary N) is 1. The van der Waals surface area contributed by atoms with Crippen LogP contribution in [0.4, 0.5) is 4.39 Å². The van der Waals surface area contributed by atoms with E-state index in [4.69, 9.17) is 9.84 Å². The van der Waals surface area contributed by atoms with Crippen LogP contribution in [0, 0.1) is 0 Å². The number of hydrogen-bond acceptors (Lipinski definition) is 5. The molecule has 128 valence electrons. The Kier molecular flexibility index (Phi) is 5.04. The van der Waals surface area contributed by atoms with Crippen LogP contribution in [0.5, 0.6) is 0 Å². The van der Waals surface area contributed by atoms with Gasteiger partial charge in [0.25, 0.3) is 5.56 Å². The summed E-state index contributed by atoms with van der Waals surface area (Å²) in [7, 11) is -1.90. The molecule has 3 atom stereocenters. The predicted octanol–water partition coefficient (Wildman–Crippen LogP) is 0.365. The molecule has 1 fully saturated rings. The topological polar surface area (TPSA) is 105 Å². The normalized spacial score (nSPS) is 25.8. The standard InChI is InChI=1S/C14H21FN2O5Si/c1-23(2,3)7-9(15)8-5-17(14(21)16-13(8)20)12-4-10(19)11(6-18)22-12/h5,7,10-12,18-19H,4,6H2,1-3H3,(H,16,20,21)/t10-,11+,12+/m0/s1. The van der Waals surface area contributed by atoms with Gasteiger partial charge < -0.3 is 14.9 Å². The quantitative estimate of drug-likeness (QED) is 0.684. The van der Waals surface area contributed by atoms with Gasteiger partial charge in [0.05, 0.1) is 26.3 Å². The smallest absolute Gasteiger partial charge is 0.330 e. The van der Waals surface area contributed by atoms with E-state index in [0.29, 0.717) is 0 Å². The lowest BCUT2D eigenvalue weighted by atomic mass is 10.2. The highest BCUT2D eigenvalue weighted by atomic mass is 28.3. The van der Waals surface area contributed by atoms with Crippen LogP contribution in [-0.2, 0) is 4.74 Å². The van der Waals surface area contributed by atoms with Crippen LogP contribution in [0.3, 0.4) is 0 Å². The lowest BCUT2D eigenvalue weighted by molar-refractivity contribution is -0.0459. The molecule has 3 N–H and O–H groups in total. The zero-order valence-electron chi connectivity index (χ0n) is 13.2. The van der Waals surface area contributed by atoms with Crippen molar-refractivity contribution in [2.75, 3.05) is 6.61 Å². The van der Waals surface area contributed by atoms with Crippen LogP contribution in [0.25, 0.3) is 5.83 Å².